The van der Waals surface area contributed by atoms with E-state index in [1.165, 1.54) is 12.0 Å². The molecule has 1 saturated heterocycles. The third-order valence-corrected chi connectivity index (χ3v) is 3.37. The molecule has 1 fully saturated rings. The predicted molar refractivity (Wildman–Crippen MR) is 112 cm³/mol. The number of esters is 1. The molecular formula is C21H42N2O5. The number of rotatable bonds is 3. The molecule has 0 bridgehead atoms. The second-order valence-corrected chi connectivity index (χ2v) is 8.47. The first kappa shape index (κ1) is 28.4. The van der Waals surface area contributed by atoms with Gasteiger partial charge in [-0.15, -0.1) is 0 Å². The fourth-order valence-electron chi connectivity index (χ4n) is 2.44. The van der Waals surface area contributed by atoms with Crippen LogP contribution in [0.4, 0.5) is 4.79 Å². The molecule has 1 aliphatic rings. The largest absolute Gasteiger partial charge is 0.467 e. The standard InChI is InChI=1S/C15H26N2O5.C4H10.C2H6/c1-9-7-11(13(19)21-6)17(8-9)12(18)10(2)16-14(20)22-15(3,4)5;1-4(2)3;1-2/h9-11H,7-8H2,1-6H3,(H,16,20);4H,1-3H3;1-2H3/t9-,10+,11+;;/m1../s1. The van der Waals surface area contributed by atoms with Crippen molar-refractivity contribution in [3.8, 4) is 0 Å². The average molecular weight is 403 g/mol. The van der Waals surface area contributed by atoms with E-state index in [0.29, 0.717) is 13.0 Å². The van der Waals surface area contributed by atoms with Gasteiger partial charge in [-0.2, -0.15) is 0 Å². The molecule has 28 heavy (non-hydrogen) atoms. The zero-order valence-corrected chi connectivity index (χ0v) is 19.7. The maximum atomic E-state index is 12.5. The van der Waals surface area contributed by atoms with Gasteiger partial charge in [-0.25, -0.2) is 9.59 Å². The summed E-state index contributed by atoms with van der Waals surface area (Å²) in [7, 11) is 1.30. The summed E-state index contributed by atoms with van der Waals surface area (Å²) in [5, 5.41) is 2.50. The lowest BCUT2D eigenvalue weighted by molar-refractivity contribution is -0.151. The highest BCUT2D eigenvalue weighted by molar-refractivity contribution is 5.90. The van der Waals surface area contributed by atoms with Crippen LogP contribution >= 0.6 is 0 Å². The number of hydrogen-bond donors (Lipinski definition) is 1. The van der Waals surface area contributed by atoms with E-state index in [1.54, 1.807) is 27.7 Å². The second-order valence-electron chi connectivity index (χ2n) is 8.47. The van der Waals surface area contributed by atoms with Gasteiger partial charge in [0.25, 0.3) is 0 Å². The molecule has 2 amide bonds. The number of amides is 2. The highest BCUT2D eigenvalue weighted by Crippen LogP contribution is 2.24. The van der Waals surface area contributed by atoms with Crippen molar-refractivity contribution in [2.45, 2.75) is 93.3 Å². The Morgan fingerprint density at radius 3 is 1.93 bits per heavy atom. The Bertz CT molecular complexity index is 483. The topological polar surface area (TPSA) is 84.9 Å². The van der Waals surface area contributed by atoms with E-state index in [4.69, 9.17) is 9.47 Å². The Balaban J connectivity index is 0. The van der Waals surface area contributed by atoms with Crippen LogP contribution in [0.3, 0.4) is 0 Å². The number of carbonyl (C=O) groups excluding carboxylic acids is 3. The van der Waals surface area contributed by atoms with Gasteiger partial charge in [-0.1, -0.05) is 41.5 Å². The molecule has 166 valence electrons. The van der Waals surface area contributed by atoms with Crippen LogP contribution in [-0.2, 0) is 19.1 Å². The first-order valence-corrected chi connectivity index (χ1v) is 10.2. The van der Waals surface area contributed by atoms with Gasteiger partial charge in [0.05, 0.1) is 7.11 Å². The van der Waals surface area contributed by atoms with Crippen LogP contribution in [0.25, 0.3) is 0 Å². The van der Waals surface area contributed by atoms with E-state index in [-0.39, 0.29) is 11.8 Å². The summed E-state index contributed by atoms with van der Waals surface area (Å²) < 4.78 is 9.87. The van der Waals surface area contributed by atoms with Crippen LogP contribution in [-0.4, -0.2) is 54.2 Å². The van der Waals surface area contributed by atoms with E-state index >= 15 is 0 Å². The molecule has 0 aromatic carbocycles. The molecule has 7 heteroatoms. The van der Waals surface area contributed by atoms with E-state index < -0.39 is 29.7 Å². The highest BCUT2D eigenvalue weighted by Gasteiger charge is 2.40. The molecule has 0 aromatic heterocycles. The summed E-state index contributed by atoms with van der Waals surface area (Å²) in [4.78, 5) is 37.4. The van der Waals surface area contributed by atoms with Crippen LogP contribution in [0.2, 0.25) is 0 Å². The summed E-state index contributed by atoms with van der Waals surface area (Å²) in [6.45, 7) is 19.7. The van der Waals surface area contributed by atoms with Crippen molar-refractivity contribution in [3.63, 3.8) is 0 Å². The SMILES string of the molecule is CC.CC(C)C.COC(=O)[C@@H]1C[C@@H](C)CN1C(=O)[C@H](C)NC(=O)OC(C)(C)C. The van der Waals surface area contributed by atoms with Crippen LogP contribution < -0.4 is 5.32 Å². The van der Waals surface area contributed by atoms with Gasteiger partial charge in [0.1, 0.15) is 17.7 Å². The summed E-state index contributed by atoms with van der Waals surface area (Å²) in [5.74, 6) is 0.301. The molecule has 1 rings (SSSR count). The van der Waals surface area contributed by atoms with Gasteiger partial charge >= 0.3 is 12.1 Å². The van der Waals surface area contributed by atoms with E-state index in [2.05, 4.69) is 26.1 Å². The van der Waals surface area contributed by atoms with Crippen molar-refractivity contribution < 1.29 is 23.9 Å². The van der Waals surface area contributed by atoms with Gasteiger partial charge in [0.2, 0.25) is 5.91 Å². The maximum Gasteiger partial charge on any atom is 0.408 e. The second kappa shape index (κ2) is 13.4. The highest BCUT2D eigenvalue weighted by atomic mass is 16.6. The zero-order chi connectivity index (χ0) is 22.7. The monoisotopic (exact) mass is 402 g/mol. The molecule has 0 saturated carbocycles. The number of methoxy groups -OCH3 is 1. The first-order valence-electron chi connectivity index (χ1n) is 10.2. The molecule has 0 aliphatic carbocycles. The van der Waals surface area contributed by atoms with Gasteiger partial charge in [0, 0.05) is 6.54 Å². The zero-order valence-electron chi connectivity index (χ0n) is 19.7. The molecule has 1 heterocycles. The maximum absolute atomic E-state index is 12.5. The van der Waals surface area contributed by atoms with Gasteiger partial charge in [0.15, 0.2) is 0 Å². The number of ether oxygens (including phenoxy) is 2. The Hall–Kier alpha value is -1.79. The van der Waals surface area contributed by atoms with Gasteiger partial charge < -0.3 is 19.7 Å². The predicted octanol–water partition coefficient (Wildman–Crippen LogP) is 4.00. The Labute approximate surface area is 171 Å². The van der Waals surface area contributed by atoms with E-state index in [9.17, 15) is 14.4 Å². The number of carbonyl (C=O) groups is 3. The van der Waals surface area contributed by atoms with Crippen molar-refractivity contribution >= 4 is 18.0 Å². The Morgan fingerprint density at radius 2 is 1.54 bits per heavy atom. The van der Waals surface area contributed by atoms with Gasteiger partial charge in [-0.3, -0.25) is 4.79 Å². The van der Waals surface area contributed by atoms with Crippen LogP contribution in [0.5, 0.6) is 0 Å². The van der Waals surface area contributed by atoms with Crippen molar-refractivity contribution in [1.29, 1.82) is 0 Å². The fraction of sp³-hybridized carbons (Fsp3) is 0.857. The minimum atomic E-state index is -0.771. The third-order valence-electron chi connectivity index (χ3n) is 3.37. The molecule has 0 spiro atoms. The number of nitrogens with zero attached hydrogens (tertiary/aromatic N) is 1. The summed E-state index contributed by atoms with van der Waals surface area (Å²) in [5.41, 5.74) is -0.635. The molecular weight excluding hydrogens is 360 g/mol. The molecule has 0 aromatic rings. The molecule has 1 aliphatic heterocycles. The lowest BCUT2D eigenvalue weighted by atomic mass is 10.1. The quantitative estimate of drug-likeness (QED) is 0.721. The number of alkyl carbamates (subject to hydrolysis) is 1. The molecule has 7 nitrogen and oxygen atoms in total. The number of likely N-dealkylation sites (tertiary alicyclic amines) is 1. The molecule has 0 unspecified atom stereocenters. The minimum absolute atomic E-state index is 0.210. The Kier molecular flexibility index (Phi) is 13.6. The third kappa shape index (κ3) is 11.8. The molecule has 0 radical (unpaired) electrons. The van der Waals surface area contributed by atoms with Crippen LogP contribution in [0.1, 0.15) is 75.7 Å². The summed E-state index contributed by atoms with van der Waals surface area (Å²) >= 11 is 0. The van der Waals surface area contributed by atoms with Crippen LogP contribution in [0.15, 0.2) is 0 Å². The average Bonchev–Trinajstić information content (AvgIpc) is 2.94. The van der Waals surface area contributed by atoms with Crippen molar-refractivity contribution in [1.82, 2.24) is 10.2 Å². The normalized spacial score (nSPS) is 19.5. The summed E-state index contributed by atoms with van der Waals surface area (Å²) in [6.07, 6.45) is -0.0902. The molecule has 1 N–H and O–H groups in total. The van der Waals surface area contributed by atoms with E-state index in [1.807, 2.05) is 20.8 Å². The number of nitrogens with one attached hydrogen (secondary N) is 1. The fourth-order valence-corrected chi connectivity index (χ4v) is 2.44. The summed E-state index contributed by atoms with van der Waals surface area (Å²) in [6, 6.07) is -1.36. The lowest BCUT2D eigenvalue weighted by Gasteiger charge is -2.27. The van der Waals surface area contributed by atoms with Crippen molar-refractivity contribution in [2.75, 3.05) is 13.7 Å². The lowest BCUT2D eigenvalue weighted by Crippen LogP contribution is -2.51. The minimum Gasteiger partial charge on any atom is -0.467 e. The van der Waals surface area contributed by atoms with Crippen molar-refractivity contribution in [3.05, 3.63) is 0 Å². The van der Waals surface area contributed by atoms with Crippen molar-refractivity contribution in [2.24, 2.45) is 11.8 Å². The Morgan fingerprint density at radius 1 is 1.07 bits per heavy atom. The first-order chi connectivity index (χ1) is 12.8. The molecule has 3 atom stereocenters. The number of hydrogen-bond acceptors (Lipinski definition) is 5. The van der Waals surface area contributed by atoms with E-state index in [0.717, 1.165) is 5.92 Å². The van der Waals surface area contributed by atoms with Crippen LogP contribution in [0, 0.1) is 11.8 Å². The van der Waals surface area contributed by atoms with Gasteiger partial charge in [-0.05, 0) is 46.0 Å². The smallest absolute Gasteiger partial charge is 0.408 e.